The summed E-state index contributed by atoms with van der Waals surface area (Å²) in [5, 5.41) is 11.0. The summed E-state index contributed by atoms with van der Waals surface area (Å²) in [6.07, 6.45) is 2.68. The Bertz CT molecular complexity index is 1190. The number of aliphatic carboxylic acids is 1. The molecular formula is C26H20O3. The fraction of sp³-hybridized carbons (Fsp3) is 0.0385. The van der Waals surface area contributed by atoms with Crippen LogP contribution in [0.5, 0.6) is 11.5 Å². The molecule has 0 unspecified atom stereocenters. The van der Waals surface area contributed by atoms with Gasteiger partial charge in [-0.1, -0.05) is 72.8 Å². The lowest BCUT2D eigenvalue weighted by Crippen LogP contribution is -1.93. The van der Waals surface area contributed by atoms with Crippen LogP contribution in [-0.4, -0.2) is 11.1 Å². The zero-order valence-electron chi connectivity index (χ0n) is 16.0. The number of aryl methyl sites for hydroxylation is 1. The summed E-state index contributed by atoms with van der Waals surface area (Å²) in [5.41, 5.74) is 4.12. The Morgan fingerprint density at radius 3 is 2.31 bits per heavy atom. The molecule has 0 radical (unpaired) electrons. The largest absolute Gasteiger partial charge is 0.478 e. The van der Waals surface area contributed by atoms with Crippen LogP contribution in [0.3, 0.4) is 0 Å². The average molecular weight is 380 g/mol. The third-order valence-electron chi connectivity index (χ3n) is 4.78. The van der Waals surface area contributed by atoms with E-state index in [1.54, 1.807) is 6.08 Å². The predicted molar refractivity (Wildman–Crippen MR) is 117 cm³/mol. The maximum atomic E-state index is 10.7. The monoisotopic (exact) mass is 380 g/mol. The van der Waals surface area contributed by atoms with Crippen LogP contribution in [0.2, 0.25) is 0 Å². The van der Waals surface area contributed by atoms with E-state index in [1.807, 2.05) is 54.6 Å². The number of fused-ring (bicyclic) bond motifs is 1. The van der Waals surface area contributed by atoms with Crippen molar-refractivity contribution in [2.24, 2.45) is 0 Å². The van der Waals surface area contributed by atoms with Crippen LogP contribution in [0.1, 0.15) is 11.1 Å². The number of rotatable bonds is 5. The Balaban J connectivity index is 1.81. The molecule has 0 aromatic heterocycles. The van der Waals surface area contributed by atoms with Crippen LogP contribution in [0.25, 0.3) is 28.0 Å². The smallest absolute Gasteiger partial charge is 0.328 e. The van der Waals surface area contributed by atoms with Crippen LogP contribution in [0.15, 0.2) is 91.0 Å². The topological polar surface area (TPSA) is 46.5 Å². The van der Waals surface area contributed by atoms with E-state index >= 15 is 0 Å². The van der Waals surface area contributed by atoms with Crippen LogP contribution in [0.4, 0.5) is 0 Å². The lowest BCUT2D eigenvalue weighted by atomic mass is 9.95. The van der Waals surface area contributed by atoms with Gasteiger partial charge in [0, 0.05) is 17.0 Å². The Kier molecular flexibility index (Phi) is 5.12. The summed E-state index contributed by atoms with van der Waals surface area (Å²) >= 11 is 0. The molecule has 3 heteroatoms. The number of carboxylic acid groups (broad SMARTS) is 1. The van der Waals surface area contributed by atoms with Gasteiger partial charge in [-0.3, -0.25) is 0 Å². The number of ether oxygens (including phenoxy) is 1. The van der Waals surface area contributed by atoms with E-state index in [4.69, 9.17) is 9.84 Å². The first-order valence-corrected chi connectivity index (χ1v) is 9.38. The molecule has 0 fully saturated rings. The Hall–Kier alpha value is -3.85. The second-order valence-corrected chi connectivity index (χ2v) is 6.83. The van der Waals surface area contributed by atoms with Gasteiger partial charge in [0.05, 0.1) is 0 Å². The normalized spacial score (nSPS) is 11.1. The first-order valence-electron chi connectivity index (χ1n) is 9.38. The summed E-state index contributed by atoms with van der Waals surface area (Å²) in [6.45, 7) is 2.10. The third-order valence-corrected chi connectivity index (χ3v) is 4.78. The van der Waals surface area contributed by atoms with Gasteiger partial charge in [-0.25, -0.2) is 4.79 Å². The summed E-state index contributed by atoms with van der Waals surface area (Å²) in [7, 11) is 0. The molecule has 0 spiro atoms. The quantitative estimate of drug-likeness (QED) is 0.392. The molecular weight excluding hydrogens is 360 g/mol. The van der Waals surface area contributed by atoms with Crippen molar-refractivity contribution >= 4 is 22.8 Å². The first-order chi connectivity index (χ1) is 14.1. The van der Waals surface area contributed by atoms with Gasteiger partial charge in [-0.15, -0.1) is 0 Å². The summed E-state index contributed by atoms with van der Waals surface area (Å²) in [4.78, 5) is 10.7. The number of carboxylic acids is 1. The van der Waals surface area contributed by atoms with Crippen LogP contribution in [-0.2, 0) is 4.79 Å². The molecule has 29 heavy (non-hydrogen) atoms. The molecule has 4 aromatic rings. The molecule has 0 aliphatic heterocycles. The third kappa shape index (κ3) is 4.04. The minimum absolute atomic E-state index is 0.699. The molecule has 4 aromatic carbocycles. The second kappa shape index (κ2) is 8.03. The molecule has 3 nitrogen and oxygen atoms in total. The van der Waals surface area contributed by atoms with E-state index in [0.717, 1.165) is 44.9 Å². The van der Waals surface area contributed by atoms with Crippen molar-refractivity contribution in [1.29, 1.82) is 0 Å². The van der Waals surface area contributed by atoms with Gasteiger partial charge in [0.25, 0.3) is 0 Å². The van der Waals surface area contributed by atoms with Crippen molar-refractivity contribution in [1.82, 2.24) is 0 Å². The van der Waals surface area contributed by atoms with Gasteiger partial charge < -0.3 is 9.84 Å². The molecule has 4 rings (SSSR count). The zero-order chi connectivity index (χ0) is 20.2. The van der Waals surface area contributed by atoms with Crippen molar-refractivity contribution in [2.45, 2.75) is 6.92 Å². The Morgan fingerprint density at radius 2 is 1.59 bits per heavy atom. The zero-order valence-corrected chi connectivity index (χ0v) is 16.0. The highest BCUT2D eigenvalue weighted by atomic mass is 16.5. The van der Waals surface area contributed by atoms with Gasteiger partial charge >= 0.3 is 5.97 Å². The van der Waals surface area contributed by atoms with Crippen molar-refractivity contribution in [2.75, 3.05) is 0 Å². The molecule has 0 saturated carbocycles. The molecule has 0 aliphatic rings. The van der Waals surface area contributed by atoms with Crippen LogP contribution >= 0.6 is 0 Å². The van der Waals surface area contributed by atoms with Gasteiger partial charge in [0.2, 0.25) is 0 Å². The van der Waals surface area contributed by atoms with E-state index in [1.165, 1.54) is 0 Å². The first kappa shape index (κ1) is 18.5. The predicted octanol–water partition coefficient (Wildman–Crippen LogP) is 6.71. The molecule has 0 atom stereocenters. The minimum Gasteiger partial charge on any atom is -0.478 e. The molecule has 142 valence electrons. The van der Waals surface area contributed by atoms with Gasteiger partial charge in [-0.05, 0) is 47.2 Å². The van der Waals surface area contributed by atoms with E-state index in [2.05, 4.69) is 37.3 Å². The van der Waals surface area contributed by atoms with Crippen LogP contribution < -0.4 is 4.74 Å². The maximum absolute atomic E-state index is 10.7. The van der Waals surface area contributed by atoms with Crippen molar-refractivity contribution in [3.63, 3.8) is 0 Å². The highest BCUT2D eigenvalue weighted by molar-refractivity contribution is 5.97. The SMILES string of the molecule is Cc1cc2ccccc2c(Oc2ccc(C=CC(=O)O)cc2)c1-c1ccccc1. The van der Waals surface area contributed by atoms with Crippen molar-refractivity contribution in [3.8, 4) is 22.6 Å². The Morgan fingerprint density at radius 1 is 0.897 bits per heavy atom. The number of hydrogen-bond acceptors (Lipinski definition) is 2. The summed E-state index contributed by atoms with van der Waals surface area (Å²) < 4.78 is 6.40. The fourth-order valence-electron chi connectivity index (χ4n) is 3.45. The Labute approximate surface area is 169 Å². The summed E-state index contributed by atoms with van der Waals surface area (Å²) in [6, 6.07) is 28.0. The van der Waals surface area contributed by atoms with E-state index in [-0.39, 0.29) is 0 Å². The molecule has 0 heterocycles. The van der Waals surface area contributed by atoms with Crippen LogP contribution in [0, 0.1) is 6.92 Å². The number of hydrogen-bond donors (Lipinski definition) is 1. The molecule has 0 saturated heterocycles. The van der Waals surface area contributed by atoms with E-state index in [0.29, 0.717) is 5.75 Å². The summed E-state index contributed by atoms with van der Waals surface area (Å²) in [5.74, 6) is 0.551. The second-order valence-electron chi connectivity index (χ2n) is 6.83. The standard InChI is InChI=1S/C26H20O3/c1-18-17-21-9-5-6-10-23(21)26(25(18)20-7-3-2-4-8-20)29-22-14-11-19(12-15-22)13-16-24(27)28/h2-17H,1H3,(H,27,28). The van der Waals surface area contributed by atoms with E-state index < -0.39 is 5.97 Å². The average Bonchev–Trinajstić information content (AvgIpc) is 2.74. The van der Waals surface area contributed by atoms with Crippen molar-refractivity contribution in [3.05, 3.63) is 102 Å². The lowest BCUT2D eigenvalue weighted by molar-refractivity contribution is -0.131. The molecule has 0 aliphatic carbocycles. The van der Waals surface area contributed by atoms with Gasteiger partial charge in [0.1, 0.15) is 11.5 Å². The highest BCUT2D eigenvalue weighted by Gasteiger charge is 2.15. The fourth-order valence-corrected chi connectivity index (χ4v) is 3.45. The minimum atomic E-state index is -0.968. The highest BCUT2D eigenvalue weighted by Crippen LogP contribution is 2.41. The van der Waals surface area contributed by atoms with Gasteiger partial charge in [0.15, 0.2) is 0 Å². The lowest BCUT2D eigenvalue weighted by Gasteiger charge is -2.17. The van der Waals surface area contributed by atoms with Gasteiger partial charge in [-0.2, -0.15) is 0 Å². The molecule has 0 bridgehead atoms. The van der Waals surface area contributed by atoms with E-state index in [9.17, 15) is 4.79 Å². The molecule has 1 N–H and O–H groups in total. The molecule has 0 amide bonds. The number of benzene rings is 4. The maximum Gasteiger partial charge on any atom is 0.328 e. The van der Waals surface area contributed by atoms with Crippen molar-refractivity contribution < 1.29 is 14.6 Å². The number of carbonyl (C=O) groups is 1.